The summed E-state index contributed by atoms with van der Waals surface area (Å²) in [6, 6.07) is 7.76. The van der Waals surface area contributed by atoms with E-state index in [1.165, 1.54) is 7.05 Å². The molecule has 6 nitrogen and oxygen atoms in total. The number of carbonyl (C=O) groups excluding carboxylic acids is 2. The normalized spacial score (nSPS) is 14.7. The molecular weight excluding hydrogens is 280 g/mol. The van der Waals surface area contributed by atoms with Crippen LogP contribution in [0.25, 0.3) is 32.8 Å². The fourth-order valence-electron chi connectivity index (χ4n) is 3.36. The minimum Gasteiger partial charge on any atom is -0.353 e. The summed E-state index contributed by atoms with van der Waals surface area (Å²) in [5, 5.41) is 1.71. The van der Waals surface area contributed by atoms with Crippen LogP contribution in [0.15, 0.2) is 30.6 Å². The van der Waals surface area contributed by atoms with Crippen LogP contribution in [0.1, 0.15) is 20.7 Å². The molecule has 6 heteroatoms. The maximum atomic E-state index is 12.6. The molecule has 1 aliphatic rings. The van der Waals surface area contributed by atoms with Gasteiger partial charge in [0.25, 0.3) is 11.8 Å². The SMILES string of the molecule is CN1C(=O)c2c(c3c4ccccc4[nH]c3c3[nH]cnc23)C1=O. The lowest BCUT2D eigenvalue weighted by Crippen LogP contribution is -2.24. The highest BCUT2D eigenvalue weighted by atomic mass is 16.2. The van der Waals surface area contributed by atoms with Gasteiger partial charge in [-0.05, 0) is 6.07 Å². The average molecular weight is 290 g/mol. The van der Waals surface area contributed by atoms with E-state index in [4.69, 9.17) is 0 Å². The number of H-pyrrole nitrogens is 2. The summed E-state index contributed by atoms with van der Waals surface area (Å²) in [6.07, 6.45) is 1.55. The van der Waals surface area contributed by atoms with Crippen molar-refractivity contribution >= 4 is 44.7 Å². The molecule has 1 aliphatic heterocycles. The molecule has 0 bridgehead atoms. The molecule has 0 radical (unpaired) electrons. The molecular formula is C16H10N4O2. The van der Waals surface area contributed by atoms with Gasteiger partial charge in [0.1, 0.15) is 5.52 Å². The van der Waals surface area contributed by atoms with E-state index in [9.17, 15) is 9.59 Å². The number of amides is 2. The standard InChI is InChI=1S/C16H10N4O2/c1-20-15(21)10-9-7-4-2-3-5-8(7)19-13(9)14-12(17-6-18-14)11(10)16(20)22/h2-6,19H,1H3,(H,17,18). The first-order valence-electron chi connectivity index (χ1n) is 6.90. The van der Waals surface area contributed by atoms with Gasteiger partial charge in [-0.25, -0.2) is 4.98 Å². The molecule has 4 aromatic rings. The fourth-order valence-corrected chi connectivity index (χ4v) is 3.36. The molecule has 106 valence electrons. The molecule has 0 spiro atoms. The molecule has 3 heterocycles. The average Bonchev–Trinajstić information content (AvgIpc) is 3.19. The molecule has 0 unspecified atom stereocenters. The van der Waals surface area contributed by atoms with Crippen LogP contribution in [-0.2, 0) is 0 Å². The lowest BCUT2D eigenvalue weighted by Gasteiger charge is -2.03. The predicted molar refractivity (Wildman–Crippen MR) is 81.9 cm³/mol. The van der Waals surface area contributed by atoms with Crippen LogP contribution in [0, 0.1) is 0 Å². The molecule has 0 fully saturated rings. The Morgan fingerprint density at radius 3 is 2.68 bits per heavy atom. The zero-order valence-corrected chi connectivity index (χ0v) is 11.6. The molecule has 5 rings (SSSR count). The number of hydrogen-bond donors (Lipinski definition) is 2. The van der Waals surface area contributed by atoms with Gasteiger partial charge in [-0.15, -0.1) is 0 Å². The van der Waals surface area contributed by atoms with E-state index in [2.05, 4.69) is 15.0 Å². The lowest BCUT2D eigenvalue weighted by atomic mass is 10.0. The van der Waals surface area contributed by atoms with Gasteiger partial charge in [0, 0.05) is 23.3 Å². The van der Waals surface area contributed by atoms with Crippen molar-refractivity contribution in [1.29, 1.82) is 0 Å². The summed E-state index contributed by atoms with van der Waals surface area (Å²) in [6.45, 7) is 0. The largest absolute Gasteiger partial charge is 0.353 e. The Kier molecular flexibility index (Phi) is 1.85. The lowest BCUT2D eigenvalue weighted by molar-refractivity contribution is 0.0694. The summed E-state index contributed by atoms with van der Waals surface area (Å²) in [5.74, 6) is -0.580. The number of nitrogens with zero attached hydrogens (tertiary/aromatic N) is 2. The predicted octanol–water partition coefficient (Wildman–Crippen LogP) is 2.42. The highest BCUT2D eigenvalue weighted by Crippen LogP contribution is 2.39. The van der Waals surface area contributed by atoms with Crippen LogP contribution in [0.4, 0.5) is 0 Å². The summed E-state index contributed by atoms with van der Waals surface area (Å²) < 4.78 is 0. The third-order valence-corrected chi connectivity index (χ3v) is 4.37. The van der Waals surface area contributed by atoms with Gasteiger partial charge in [0.2, 0.25) is 0 Å². The number of carbonyl (C=O) groups is 2. The van der Waals surface area contributed by atoms with Gasteiger partial charge in [-0.3, -0.25) is 14.5 Å². The quantitative estimate of drug-likeness (QED) is 0.488. The third kappa shape index (κ3) is 1.11. The maximum Gasteiger partial charge on any atom is 0.263 e. The van der Waals surface area contributed by atoms with E-state index in [1.807, 2.05) is 24.3 Å². The summed E-state index contributed by atoms with van der Waals surface area (Å²) in [4.78, 5) is 36.9. The van der Waals surface area contributed by atoms with Crippen LogP contribution in [0.5, 0.6) is 0 Å². The number of aromatic nitrogens is 3. The number of hydrogen-bond acceptors (Lipinski definition) is 3. The van der Waals surface area contributed by atoms with Crippen molar-refractivity contribution in [3.8, 4) is 0 Å². The number of rotatable bonds is 0. The topological polar surface area (TPSA) is 81.8 Å². The molecule has 2 N–H and O–H groups in total. The zero-order valence-electron chi connectivity index (χ0n) is 11.6. The van der Waals surface area contributed by atoms with Crippen molar-refractivity contribution in [2.24, 2.45) is 0 Å². The second kappa shape index (κ2) is 3.54. The van der Waals surface area contributed by atoms with Crippen molar-refractivity contribution in [1.82, 2.24) is 19.9 Å². The Labute approximate surface area is 123 Å². The van der Waals surface area contributed by atoms with Gasteiger partial charge in [0.05, 0.1) is 28.5 Å². The maximum absolute atomic E-state index is 12.6. The molecule has 0 saturated carbocycles. The van der Waals surface area contributed by atoms with Gasteiger partial charge in [-0.1, -0.05) is 18.2 Å². The number of fused-ring (bicyclic) bond motifs is 8. The van der Waals surface area contributed by atoms with E-state index < -0.39 is 0 Å². The molecule has 2 amide bonds. The first kappa shape index (κ1) is 11.5. The first-order chi connectivity index (χ1) is 10.7. The van der Waals surface area contributed by atoms with Crippen LogP contribution >= 0.6 is 0 Å². The monoisotopic (exact) mass is 290 g/mol. The van der Waals surface area contributed by atoms with Crippen molar-refractivity contribution in [3.05, 3.63) is 41.7 Å². The van der Waals surface area contributed by atoms with E-state index in [1.54, 1.807) is 6.33 Å². The molecule has 2 aromatic carbocycles. The van der Waals surface area contributed by atoms with Crippen LogP contribution in [-0.4, -0.2) is 38.7 Å². The van der Waals surface area contributed by atoms with Crippen molar-refractivity contribution in [2.75, 3.05) is 7.05 Å². The van der Waals surface area contributed by atoms with Gasteiger partial charge < -0.3 is 9.97 Å². The summed E-state index contributed by atoms with van der Waals surface area (Å²) in [7, 11) is 1.50. The molecule has 22 heavy (non-hydrogen) atoms. The highest BCUT2D eigenvalue weighted by Gasteiger charge is 2.38. The van der Waals surface area contributed by atoms with Gasteiger partial charge in [0.15, 0.2) is 0 Å². The molecule has 0 atom stereocenters. The second-order valence-electron chi connectivity index (χ2n) is 5.47. The number of benzene rings is 2. The molecule has 0 aliphatic carbocycles. The van der Waals surface area contributed by atoms with Crippen LogP contribution in [0.3, 0.4) is 0 Å². The Bertz CT molecular complexity index is 1140. The van der Waals surface area contributed by atoms with Crippen molar-refractivity contribution in [3.63, 3.8) is 0 Å². The molecule has 2 aromatic heterocycles. The second-order valence-corrected chi connectivity index (χ2v) is 5.47. The Balaban J connectivity index is 2.17. The van der Waals surface area contributed by atoms with E-state index in [-0.39, 0.29) is 11.8 Å². The third-order valence-electron chi connectivity index (χ3n) is 4.37. The Morgan fingerprint density at radius 1 is 1.05 bits per heavy atom. The molecule has 0 saturated heterocycles. The number of aromatic amines is 2. The summed E-state index contributed by atoms with van der Waals surface area (Å²) in [5.41, 5.74) is 3.86. The minimum absolute atomic E-state index is 0.278. The smallest absolute Gasteiger partial charge is 0.263 e. The van der Waals surface area contributed by atoms with Gasteiger partial charge in [-0.2, -0.15) is 0 Å². The van der Waals surface area contributed by atoms with E-state index >= 15 is 0 Å². The first-order valence-corrected chi connectivity index (χ1v) is 6.90. The van der Waals surface area contributed by atoms with Gasteiger partial charge >= 0.3 is 0 Å². The van der Waals surface area contributed by atoms with Crippen molar-refractivity contribution in [2.45, 2.75) is 0 Å². The number of imide groups is 1. The number of nitrogens with one attached hydrogen (secondary N) is 2. The number of imidazole rings is 1. The summed E-state index contributed by atoms with van der Waals surface area (Å²) >= 11 is 0. The van der Waals surface area contributed by atoms with Crippen LogP contribution in [0.2, 0.25) is 0 Å². The Morgan fingerprint density at radius 2 is 1.82 bits per heavy atom. The van der Waals surface area contributed by atoms with Crippen molar-refractivity contribution < 1.29 is 9.59 Å². The van der Waals surface area contributed by atoms with Crippen LogP contribution < -0.4 is 0 Å². The number of para-hydroxylation sites is 1. The van der Waals surface area contributed by atoms with E-state index in [0.29, 0.717) is 16.6 Å². The minimum atomic E-state index is -0.302. The Hall–Kier alpha value is -3.15. The fraction of sp³-hybridized carbons (Fsp3) is 0.0625. The zero-order chi connectivity index (χ0) is 15.0. The van der Waals surface area contributed by atoms with E-state index in [0.717, 1.165) is 32.2 Å². The highest BCUT2D eigenvalue weighted by molar-refractivity contribution is 6.35.